The number of morpholine rings is 1. The summed E-state index contributed by atoms with van der Waals surface area (Å²) in [5, 5.41) is 11.2. The highest BCUT2D eigenvalue weighted by Crippen LogP contribution is 2.41. The topological polar surface area (TPSA) is 157 Å². The second kappa shape index (κ2) is 15.5. The molecular weight excluding hydrogens is 787 g/mol. The molecular formula is C47H55N9O6. The number of aromatic amines is 1. The number of carbonyl (C=O) groups excluding carboxylic acids is 4. The van der Waals surface area contributed by atoms with Crippen LogP contribution in [0.3, 0.4) is 0 Å². The van der Waals surface area contributed by atoms with Gasteiger partial charge in [0.05, 0.1) is 29.8 Å². The van der Waals surface area contributed by atoms with E-state index < -0.39 is 23.8 Å². The van der Waals surface area contributed by atoms with Gasteiger partial charge >= 0.3 is 0 Å². The predicted octanol–water partition coefficient (Wildman–Crippen LogP) is 4.48. The zero-order valence-electron chi connectivity index (χ0n) is 35.4. The van der Waals surface area contributed by atoms with Crippen LogP contribution in [0.5, 0.6) is 5.75 Å². The number of benzene rings is 2. The van der Waals surface area contributed by atoms with Crippen molar-refractivity contribution < 1.29 is 28.7 Å². The molecule has 8 heterocycles. The molecule has 1 unspecified atom stereocenters. The number of nitrogens with zero attached hydrogens (tertiary/aromatic N) is 7. The van der Waals surface area contributed by atoms with Gasteiger partial charge in [0, 0.05) is 75.1 Å². The number of H-pyrrole nitrogens is 1. The van der Waals surface area contributed by atoms with Gasteiger partial charge in [0.25, 0.3) is 11.8 Å². The lowest BCUT2D eigenvalue weighted by Crippen LogP contribution is -2.70. The number of hydrogen-bond donors (Lipinski definition) is 2. The van der Waals surface area contributed by atoms with Gasteiger partial charge in [-0.3, -0.25) is 39.4 Å². The van der Waals surface area contributed by atoms with Gasteiger partial charge in [-0.2, -0.15) is 5.10 Å². The average molecular weight is 842 g/mol. The van der Waals surface area contributed by atoms with Crippen LogP contribution in [0.1, 0.15) is 79.0 Å². The van der Waals surface area contributed by atoms with E-state index in [1.54, 1.807) is 6.07 Å². The van der Waals surface area contributed by atoms with Gasteiger partial charge in [-0.15, -0.1) is 0 Å². The number of fused-ring (bicyclic) bond motifs is 2. The van der Waals surface area contributed by atoms with E-state index in [2.05, 4.69) is 55.1 Å². The average Bonchev–Trinajstić information content (AvgIpc) is 3.75. The summed E-state index contributed by atoms with van der Waals surface area (Å²) in [5.74, 6) is 1.29. The third-order valence-electron chi connectivity index (χ3n) is 14.6. The highest BCUT2D eigenvalue weighted by atomic mass is 16.5. The maximum absolute atomic E-state index is 13.4. The molecule has 4 aromatic rings. The summed E-state index contributed by atoms with van der Waals surface area (Å²) in [6.07, 6.45) is 8.94. The first kappa shape index (κ1) is 39.5. The minimum Gasteiger partial charge on any atom is -0.488 e. The molecule has 11 rings (SSSR count). The summed E-state index contributed by atoms with van der Waals surface area (Å²) in [6.45, 7) is 12.8. The van der Waals surface area contributed by atoms with Gasteiger partial charge in [0.1, 0.15) is 34.5 Å². The SMILES string of the molecule is CC1(Oc2ccc3[nH]nc(-c4ccnc(N5CCOC6(CN(CC7CCN(CC8CCN(c9ccc%10c(c9)C(=O)N(C9CCC(=O)NC9=O)C%10=O)CC8)CC7)C6)C5)c4)c3c2)CC1. The molecule has 15 nitrogen and oxygen atoms in total. The lowest BCUT2D eigenvalue weighted by molar-refractivity contribution is -0.153. The standard InChI is InChI=1S/C47H55N9O6/c1-46(13-14-46)62-34-3-5-38-37(24-34)42(51-50-38)32-8-15-48-40(22-32)55-20-21-61-47(29-55)27-53(28-47)26-30-9-16-52(17-10-30)25-31-11-18-54(19-12-31)33-2-4-35-36(23-33)45(60)56(44(35)59)39-6-7-41(57)49-43(39)58/h2-5,8,15,22-24,30-31,39H,6-7,9-14,16-21,25-29H2,1H3,(H,50,51)(H,49,57,58). The van der Waals surface area contributed by atoms with Crippen molar-refractivity contribution in [1.82, 2.24) is 35.2 Å². The number of ether oxygens (including phenoxy) is 2. The molecule has 6 fully saturated rings. The lowest BCUT2D eigenvalue weighted by Gasteiger charge is -2.55. The zero-order valence-corrected chi connectivity index (χ0v) is 35.4. The maximum Gasteiger partial charge on any atom is 0.262 e. The number of imide groups is 2. The number of hydrogen-bond acceptors (Lipinski definition) is 12. The second-order valence-electron chi connectivity index (χ2n) is 19.2. The fourth-order valence-corrected chi connectivity index (χ4v) is 10.8. The normalized spacial score (nSPS) is 24.5. The Hall–Kier alpha value is -5.38. The first-order valence-electron chi connectivity index (χ1n) is 22.7. The fourth-order valence-electron chi connectivity index (χ4n) is 10.8. The minimum atomic E-state index is -0.953. The van der Waals surface area contributed by atoms with E-state index in [0.717, 1.165) is 135 Å². The van der Waals surface area contributed by atoms with Crippen LogP contribution < -0.4 is 19.9 Å². The number of nitrogens with one attached hydrogen (secondary N) is 2. The predicted molar refractivity (Wildman–Crippen MR) is 232 cm³/mol. The Morgan fingerprint density at radius 1 is 0.790 bits per heavy atom. The Labute approximate surface area is 361 Å². The largest absolute Gasteiger partial charge is 0.488 e. The summed E-state index contributed by atoms with van der Waals surface area (Å²) >= 11 is 0. The third-order valence-corrected chi connectivity index (χ3v) is 14.6. The van der Waals surface area contributed by atoms with Crippen LogP contribution in [-0.2, 0) is 14.3 Å². The Morgan fingerprint density at radius 2 is 1.55 bits per heavy atom. The zero-order chi connectivity index (χ0) is 42.2. The van der Waals surface area contributed by atoms with Crippen LogP contribution >= 0.6 is 0 Å². The van der Waals surface area contributed by atoms with Gasteiger partial charge in [-0.05, 0) is 125 Å². The number of amides is 4. The molecule has 2 aromatic heterocycles. The molecule has 4 amide bonds. The van der Waals surface area contributed by atoms with Crippen LogP contribution in [0, 0.1) is 11.8 Å². The number of piperidine rings is 3. The molecule has 15 heteroatoms. The summed E-state index contributed by atoms with van der Waals surface area (Å²) in [6, 6.07) is 14.9. The highest BCUT2D eigenvalue weighted by Gasteiger charge is 2.48. The maximum atomic E-state index is 13.4. The van der Waals surface area contributed by atoms with Gasteiger partial charge in [0.15, 0.2) is 0 Å². The van der Waals surface area contributed by atoms with Gasteiger partial charge < -0.3 is 24.2 Å². The smallest absolute Gasteiger partial charge is 0.262 e. The number of likely N-dealkylation sites (tertiary alicyclic amines) is 2. The molecule has 1 atom stereocenters. The molecule has 324 valence electrons. The number of aromatic nitrogens is 3. The van der Waals surface area contributed by atoms with E-state index in [1.807, 2.05) is 30.5 Å². The van der Waals surface area contributed by atoms with E-state index in [-0.39, 0.29) is 30.0 Å². The summed E-state index contributed by atoms with van der Waals surface area (Å²) in [4.78, 5) is 66.5. The Kier molecular flexibility index (Phi) is 9.84. The molecule has 2 N–H and O–H groups in total. The molecule has 7 aliphatic rings. The molecule has 5 saturated heterocycles. The molecule has 2 aromatic carbocycles. The second-order valence-corrected chi connectivity index (χ2v) is 19.2. The number of anilines is 2. The van der Waals surface area contributed by atoms with Gasteiger partial charge in [0.2, 0.25) is 11.8 Å². The quantitative estimate of drug-likeness (QED) is 0.217. The van der Waals surface area contributed by atoms with Crippen LogP contribution in [0.25, 0.3) is 22.2 Å². The van der Waals surface area contributed by atoms with E-state index in [1.165, 1.54) is 12.8 Å². The number of pyridine rings is 1. The highest BCUT2D eigenvalue weighted by molar-refractivity contribution is 6.23. The molecule has 1 spiro atoms. The van der Waals surface area contributed by atoms with Crippen molar-refractivity contribution in [2.75, 3.05) is 81.9 Å². The molecule has 0 bridgehead atoms. The summed E-state index contributed by atoms with van der Waals surface area (Å²) in [5.41, 5.74) is 4.35. The van der Waals surface area contributed by atoms with Crippen molar-refractivity contribution >= 4 is 46.0 Å². The van der Waals surface area contributed by atoms with E-state index >= 15 is 0 Å². The fraction of sp³-hybridized carbons (Fsp3) is 0.532. The van der Waals surface area contributed by atoms with Crippen molar-refractivity contribution in [2.45, 2.75) is 75.5 Å². The third kappa shape index (κ3) is 7.51. The van der Waals surface area contributed by atoms with Crippen molar-refractivity contribution in [3.8, 4) is 17.0 Å². The van der Waals surface area contributed by atoms with Crippen molar-refractivity contribution in [1.29, 1.82) is 0 Å². The van der Waals surface area contributed by atoms with Crippen LogP contribution in [0.15, 0.2) is 54.7 Å². The molecule has 1 saturated carbocycles. The van der Waals surface area contributed by atoms with Crippen LogP contribution in [0.4, 0.5) is 11.5 Å². The van der Waals surface area contributed by atoms with Crippen LogP contribution in [-0.4, -0.2) is 143 Å². The van der Waals surface area contributed by atoms with E-state index in [0.29, 0.717) is 29.6 Å². The van der Waals surface area contributed by atoms with Crippen molar-refractivity contribution in [3.63, 3.8) is 0 Å². The molecule has 0 radical (unpaired) electrons. The van der Waals surface area contributed by atoms with Gasteiger partial charge in [-0.1, -0.05) is 0 Å². The van der Waals surface area contributed by atoms with E-state index in [9.17, 15) is 19.2 Å². The summed E-state index contributed by atoms with van der Waals surface area (Å²) in [7, 11) is 0. The van der Waals surface area contributed by atoms with Crippen molar-refractivity contribution in [2.24, 2.45) is 11.8 Å². The first-order chi connectivity index (χ1) is 30.1. The summed E-state index contributed by atoms with van der Waals surface area (Å²) < 4.78 is 12.7. The minimum absolute atomic E-state index is 0.0377. The van der Waals surface area contributed by atoms with E-state index in [4.69, 9.17) is 19.6 Å². The molecule has 6 aliphatic heterocycles. The monoisotopic (exact) mass is 841 g/mol. The number of rotatable bonds is 10. The van der Waals surface area contributed by atoms with Crippen LogP contribution in [0.2, 0.25) is 0 Å². The van der Waals surface area contributed by atoms with Gasteiger partial charge in [-0.25, -0.2) is 4.98 Å². The van der Waals surface area contributed by atoms with Crippen molar-refractivity contribution in [3.05, 3.63) is 65.9 Å². The Morgan fingerprint density at radius 3 is 2.32 bits per heavy atom. The molecule has 62 heavy (non-hydrogen) atoms. The number of carbonyl (C=O) groups is 4. The molecule has 1 aliphatic carbocycles. The Balaban J connectivity index is 0.631. The Bertz CT molecular complexity index is 2430. The lowest BCUT2D eigenvalue weighted by atomic mass is 9.88. The first-order valence-corrected chi connectivity index (χ1v) is 22.7.